The maximum Gasteiger partial charge on any atom is 0.185 e. The highest BCUT2D eigenvalue weighted by molar-refractivity contribution is 7.15. The van der Waals surface area contributed by atoms with Crippen molar-refractivity contribution in [2.45, 2.75) is 19.6 Å². The maximum atomic E-state index is 9.01. The first-order valence-electron chi connectivity index (χ1n) is 5.04. The highest BCUT2D eigenvalue weighted by Crippen LogP contribution is 2.30. The number of hydrogen-bond donors (Lipinski definition) is 1. The fourth-order valence-electron chi connectivity index (χ4n) is 1.42. The standard InChI is InChI=1S/C11H14N2OS2/c1-8(10-4-3-5-15-10)13(2)11-12-6-9(7-14)16-11/h3-6,8,14H,7H2,1-2H3. The molecule has 0 aliphatic rings. The van der Waals surface area contributed by atoms with Gasteiger partial charge >= 0.3 is 0 Å². The Hall–Kier alpha value is -0.910. The number of aliphatic hydroxyl groups is 1. The average molecular weight is 254 g/mol. The number of thiazole rings is 1. The highest BCUT2D eigenvalue weighted by Gasteiger charge is 2.15. The van der Waals surface area contributed by atoms with E-state index in [-0.39, 0.29) is 6.61 Å². The molecule has 0 fully saturated rings. The minimum absolute atomic E-state index is 0.0683. The van der Waals surface area contributed by atoms with Crippen LogP contribution in [0.4, 0.5) is 5.13 Å². The van der Waals surface area contributed by atoms with Crippen LogP contribution in [0, 0.1) is 0 Å². The zero-order chi connectivity index (χ0) is 11.5. The van der Waals surface area contributed by atoms with Gasteiger partial charge in [0.05, 0.1) is 17.5 Å². The molecule has 86 valence electrons. The van der Waals surface area contributed by atoms with Gasteiger partial charge in [-0.2, -0.15) is 0 Å². The van der Waals surface area contributed by atoms with Crippen LogP contribution in [0.2, 0.25) is 0 Å². The number of hydrogen-bond acceptors (Lipinski definition) is 5. The smallest absolute Gasteiger partial charge is 0.185 e. The van der Waals surface area contributed by atoms with Crippen LogP contribution in [-0.4, -0.2) is 17.1 Å². The molecule has 16 heavy (non-hydrogen) atoms. The van der Waals surface area contributed by atoms with Gasteiger partial charge in [0.15, 0.2) is 5.13 Å². The number of rotatable bonds is 4. The van der Waals surface area contributed by atoms with Crippen molar-refractivity contribution in [1.82, 2.24) is 4.98 Å². The van der Waals surface area contributed by atoms with E-state index in [1.165, 1.54) is 16.2 Å². The summed E-state index contributed by atoms with van der Waals surface area (Å²) in [4.78, 5) is 8.67. The summed E-state index contributed by atoms with van der Waals surface area (Å²) in [6, 6.07) is 4.51. The lowest BCUT2D eigenvalue weighted by Gasteiger charge is -2.23. The number of thiophene rings is 1. The molecule has 0 aliphatic heterocycles. The molecular weight excluding hydrogens is 240 g/mol. The van der Waals surface area contributed by atoms with Gasteiger partial charge in [0, 0.05) is 18.1 Å². The molecule has 2 heterocycles. The molecule has 0 saturated carbocycles. The van der Waals surface area contributed by atoms with Crippen molar-refractivity contribution < 1.29 is 5.11 Å². The summed E-state index contributed by atoms with van der Waals surface area (Å²) in [6.07, 6.45) is 1.73. The number of nitrogens with zero attached hydrogens (tertiary/aromatic N) is 2. The molecule has 1 N–H and O–H groups in total. The first-order valence-corrected chi connectivity index (χ1v) is 6.73. The molecule has 2 rings (SSSR count). The molecular formula is C11H14N2OS2. The largest absolute Gasteiger partial charge is 0.391 e. The third kappa shape index (κ3) is 2.26. The average Bonchev–Trinajstić information content (AvgIpc) is 2.97. The minimum Gasteiger partial charge on any atom is -0.391 e. The van der Waals surface area contributed by atoms with Gasteiger partial charge in [-0.25, -0.2) is 4.98 Å². The lowest BCUT2D eigenvalue weighted by atomic mass is 10.2. The van der Waals surface area contributed by atoms with Crippen molar-refractivity contribution in [3.63, 3.8) is 0 Å². The molecule has 0 aromatic carbocycles. The summed E-state index contributed by atoms with van der Waals surface area (Å²) in [5.74, 6) is 0. The molecule has 2 aromatic rings. The van der Waals surface area contributed by atoms with E-state index in [1.54, 1.807) is 17.5 Å². The first-order chi connectivity index (χ1) is 7.72. The monoisotopic (exact) mass is 254 g/mol. The van der Waals surface area contributed by atoms with Crippen LogP contribution < -0.4 is 4.90 Å². The molecule has 0 saturated heterocycles. The number of aromatic nitrogens is 1. The molecule has 3 nitrogen and oxygen atoms in total. The summed E-state index contributed by atoms with van der Waals surface area (Å²) in [6.45, 7) is 2.23. The predicted octanol–water partition coefficient (Wildman–Crippen LogP) is 2.89. The van der Waals surface area contributed by atoms with Crippen molar-refractivity contribution in [1.29, 1.82) is 0 Å². The third-order valence-electron chi connectivity index (χ3n) is 2.53. The van der Waals surface area contributed by atoms with Gasteiger partial charge in [0.25, 0.3) is 0 Å². The summed E-state index contributed by atoms with van der Waals surface area (Å²) in [5, 5.41) is 12.0. The SMILES string of the molecule is CC(c1cccs1)N(C)c1ncc(CO)s1. The van der Waals surface area contributed by atoms with Gasteiger partial charge in [0.1, 0.15) is 0 Å². The topological polar surface area (TPSA) is 36.4 Å². The second-order valence-electron chi connectivity index (χ2n) is 3.57. The second kappa shape index (κ2) is 4.95. The fraction of sp³-hybridized carbons (Fsp3) is 0.364. The van der Waals surface area contributed by atoms with E-state index in [0.29, 0.717) is 6.04 Å². The zero-order valence-electron chi connectivity index (χ0n) is 9.25. The van der Waals surface area contributed by atoms with E-state index in [4.69, 9.17) is 5.11 Å². The molecule has 0 spiro atoms. The molecule has 0 aliphatic carbocycles. The van der Waals surface area contributed by atoms with E-state index in [2.05, 4.69) is 34.3 Å². The Morgan fingerprint density at radius 2 is 2.38 bits per heavy atom. The van der Waals surface area contributed by atoms with Gasteiger partial charge in [-0.1, -0.05) is 17.4 Å². The summed E-state index contributed by atoms with van der Waals surface area (Å²) in [7, 11) is 2.03. The molecule has 1 atom stereocenters. The number of aliphatic hydroxyl groups excluding tert-OH is 1. The lowest BCUT2D eigenvalue weighted by Crippen LogP contribution is -2.20. The fourth-order valence-corrected chi connectivity index (χ4v) is 3.06. The summed E-state index contributed by atoms with van der Waals surface area (Å²) >= 11 is 3.29. The van der Waals surface area contributed by atoms with Crippen LogP contribution in [0.25, 0.3) is 0 Å². The Morgan fingerprint density at radius 1 is 1.56 bits per heavy atom. The Kier molecular flexibility index (Phi) is 3.58. The van der Waals surface area contributed by atoms with Crippen molar-refractivity contribution in [3.8, 4) is 0 Å². The minimum atomic E-state index is 0.0683. The molecule has 0 bridgehead atoms. The van der Waals surface area contributed by atoms with E-state index in [9.17, 15) is 0 Å². The lowest BCUT2D eigenvalue weighted by molar-refractivity contribution is 0.285. The molecule has 0 radical (unpaired) electrons. The Labute approximate surface area is 103 Å². The van der Waals surface area contributed by atoms with E-state index >= 15 is 0 Å². The molecule has 5 heteroatoms. The molecule has 2 aromatic heterocycles. The van der Waals surface area contributed by atoms with Gasteiger partial charge in [-0.05, 0) is 18.4 Å². The zero-order valence-corrected chi connectivity index (χ0v) is 10.9. The van der Waals surface area contributed by atoms with Crippen molar-refractivity contribution in [2.75, 3.05) is 11.9 Å². The van der Waals surface area contributed by atoms with Crippen LogP contribution >= 0.6 is 22.7 Å². The van der Waals surface area contributed by atoms with Crippen LogP contribution in [0.3, 0.4) is 0 Å². The first kappa shape index (κ1) is 11.6. The Balaban J connectivity index is 2.15. The number of anilines is 1. The third-order valence-corrected chi connectivity index (χ3v) is 4.65. The van der Waals surface area contributed by atoms with E-state index in [1.807, 2.05) is 7.05 Å². The van der Waals surface area contributed by atoms with Crippen LogP contribution in [-0.2, 0) is 6.61 Å². The van der Waals surface area contributed by atoms with Crippen LogP contribution in [0.1, 0.15) is 22.7 Å². The Bertz CT molecular complexity index is 439. The van der Waals surface area contributed by atoms with Gasteiger partial charge < -0.3 is 10.0 Å². The summed E-state index contributed by atoms with van der Waals surface area (Å²) < 4.78 is 0. The molecule has 1 unspecified atom stereocenters. The van der Waals surface area contributed by atoms with E-state index < -0.39 is 0 Å². The van der Waals surface area contributed by atoms with Crippen molar-refractivity contribution in [3.05, 3.63) is 33.5 Å². The maximum absolute atomic E-state index is 9.01. The van der Waals surface area contributed by atoms with Crippen LogP contribution in [0.5, 0.6) is 0 Å². The van der Waals surface area contributed by atoms with E-state index in [0.717, 1.165) is 10.0 Å². The van der Waals surface area contributed by atoms with Gasteiger partial charge in [0.2, 0.25) is 0 Å². The normalized spacial score (nSPS) is 12.7. The molecule has 0 amide bonds. The van der Waals surface area contributed by atoms with Gasteiger partial charge in [-0.15, -0.1) is 11.3 Å². The van der Waals surface area contributed by atoms with Crippen LogP contribution in [0.15, 0.2) is 23.7 Å². The Morgan fingerprint density at radius 3 is 2.94 bits per heavy atom. The van der Waals surface area contributed by atoms with Gasteiger partial charge in [-0.3, -0.25) is 0 Å². The van der Waals surface area contributed by atoms with Crippen molar-refractivity contribution >= 4 is 27.8 Å². The van der Waals surface area contributed by atoms with Crippen molar-refractivity contribution in [2.24, 2.45) is 0 Å². The summed E-state index contributed by atoms with van der Waals surface area (Å²) in [5.41, 5.74) is 0. The predicted molar refractivity (Wildman–Crippen MR) is 69.2 cm³/mol. The quantitative estimate of drug-likeness (QED) is 0.911. The highest BCUT2D eigenvalue weighted by atomic mass is 32.1. The second-order valence-corrected chi connectivity index (χ2v) is 5.64.